The van der Waals surface area contributed by atoms with Gasteiger partial charge in [-0.15, -0.1) is 0 Å². The molecule has 3 aromatic rings. The number of pyridine rings is 2. The number of nitrogens with two attached hydrogens (primary N) is 1. The van der Waals surface area contributed by atoms with E-state index in [0.29, 0.717) is 5.92 Å². The number of nitrogens with zero attached hydrogens (tertiary/aromatic N) is 2. The fourth-order valence-corrected chi connectivity index (χ4v) is 5.54. The van der Waals surface area contributed by atoms with Gasteiger partial charge in [0, 0.05) is 24.0 Å². The van der Waals surface area contributed by atoms with Gasteiger partial charge in [-0.3, -0.25) is 14.8 Å². The van der Waals surface area contributed by atoms with Gasteiger partial charge in [-0.05, 0) is 72.8 Å². The Labute approximate surface area is 158 Å². The summed E-state index contributed by atoms with van der Waals surface area (Å²) in [6, 6.07) is 14.4. The number of primary amides is 1. The minimum absolute atomic E-state index is 0.0151. The Hall–Kier alpha value is -2.75. The molecule has 4 heteroatoms. The van der Waals surface area contributed by atoms with Crippen LogP contribution in [0.1, 0.15) is 49.1 Å². The molecule has 2 aliphatic carbocycles. The number of hydrogen-bond acceptors (Lipinski definition) is 3. The van der Waals surface area contributed by atoms with Gasteiger partial charge in [0.15, 0.2) is 0 Å². The first-order valence-electron chi connectivity index (χ1n) is 9.70. The summed E-state index contributed by atoms with van der Waals surface area (Å²) in [7, 11) is 0. The van der Waals surface area contributed by atoms with Crippen molar-refractivity contribution in [2.45, 2.75) is 43.4 Å². The number of amides is 1. The fourth-order valence-electron chi connectivity index (χ4n) is 5.54. The molecule has 2 aliphatic rings. The summed E-state index contributed by atoms with van der Waals surface area (Å²) in [6.07, 6.45) is 10.6. The molecule has 2 heterocycles. The van der Waals surface area contributed by atoms with E-state index in [-0.39, 0.29) is 11.3 Å². The summed E-state index contributed by atoms with van der Waals surface area (Å²) in [6.45, 7) is 0. The summed E-state index contributed by atoms with van der Waals surface area (Å²) in [4.78, 5) is 21.2. The molecular weight excluding hydrogens is 334 g/mol. The molecule has 0 aliphatic heterocycles. The second-order valence-electron chi connectivity index (χ2n) is 8.16. The third-order valence-electron chi connectivity index (χ3n) is 7.02. The van der Waals surface area contributed by atoms with Crippen molar-refractivity contribution in [3.8, 4) is 0 Å². The van der Waals surface area contributed by atoms with Crippen molar-refractivity contribution in [2.24, 2.45) is 11.1 Å². The minimum Gasteiger partial charge on any atom is -0.369 e. The molecule has 27 heavy (non-hydrogen) atoms. The molecule has 2 fully saturated rings. The average Bonchev–Trinajstić information content (AvgIpc) is 3.38. The van der Waals surface area contributed by atoms with E-state index < -0.39 is 5.41 Å². The van der Waals surface area contributed by atoms with Crippen molar-refractivity contribution >= 4 is 16.8 Å². The van der Waals surface area contributed by atoms with Gasteiger partial charge in [0.2, 0.25) is 5.91 Å². The van der Waals surface area contributed by atoms with Gasteiger partial charge in [-0.25, -0.2) is 0 Å². The summed E-state index contributed by atoms with van der Waals surface area (Å²) in [5.74, 6) is 0.326. The summed E-state index contributed by atoms with van der Waals surface area (Å²) in [5, 5.41) is 1.25. The zero-order valence-corrected chi connectivity index (χ0v) is 15.3. The Morgan fingerprint density at radius 1 is 1.04 bits per heavy atom. The van der Waals surface area contributed by atoms with Crippen LogP contribution < -0.4 is 5.73 Å². The minimum atomic E-state index is -0.521. The number of hydrogen-bond donors (Lipinski definition) is 1. The quantitative estimate of drug-likeness (QED) is 0.767. The molecule has 5 rings (SSSR count). The van der Waals surface area contributed by atoms with Crippen molar-refractivity contribution in [1.29, 1.82) is 0 Å². The maximum absolute atomic E-state index is 12.5. The van der Waals surface area contributed by atoms with Gasteiger partial charge < -0.3 is 5.73 Å². The molecule has 1 spiro atoms. The maximum atomic E-state index is 12.5. The molecule has 1 aromatic carbocycles. The topological polar surface area (TPSA) is 68.9 Å². The van der Waals surface area contributed by atoms with Gasteiger partial charge in [0.1, 0.15) is 0 Å². The predicted molar refractivity (Wildman–Crippen MR) is 105 cm³/mol. The van der Waals surface area contributed by atoms with E-state index >= 15 is 0 Å². The normalized spacial score (nSPS) is 29.7. The van der Waals surface area contributed by atoms with E-state index in [0.717, 1.165) is 43.2 Å². The lowest BCUT2D eigenvalue weighted by Crippen LogP contribution is -2.36. The maximum Gasteiger partial charge on any atom is 0.228 e. The molecular formula is C23H23N3O. The van der Waals surface area contributed by atoms with Crippen LogP contribution in [0.15, 0.2) is 61.1 Å². The van der Waals surface area contributed by atoms with Crippen molar-refractivity contribution in [2.75, 3.05) is 0 Å². The molecule has 0 bridgehead atoms. The Morgan fingerprint density at radius 3 is 2.59 bits per heavy atom. The first kappa shape index (κ1) is 16.4. The van der Waals surface area contributed by atoms with Crippen LogP contribution in [0.3, 0.4) is 0 Å². The van der Waals surface area contributed by atoms with E-state index in [1.165, 1.54) is 10.9 Å². The van der Waals surface area contributed by atoms with Crippen LogP contribution in [0.2, 0.25) is 0 Å². The first-order chi connectivity index (χ1) is 13.2. The highest BCUT2D eigenvalue weighted by Crippen LogP contribution is 2.71. The van der Waals surface area contributed by atoms with Crippen LogP contribution >= 0.6 is 0 Å². The van der Waals surface area contributed by atoms with Crippen LogP contribution in [-0.4, -0.2) is 15.9 Å². The molecule has 0 saturated heterocycles. The Kier molecular flexibility index (Phi) is 3.58. The molecule has 0 radical (unpaired) electrons. The van der Waals surface area contributed by atoms with Crippen molar-refractivity contribution in [3.63, 3.8) is 0 Å². The Morgan fingerprint density at radius 2 is 1.85 bits per heavy atom. The number of para-hydroxylation sites is 1. The fraction of sp³-hybridized carbons (Fsp3) is 0.348. The highest BCUT2D eigenvalue weighted by Gasteiger charge is 2.71. The van der Waals surface area contributed by atoms with Crippen LogP contribution in [0, 0.1) is 5.41 Å². The molecule has 2 saturated carbocycles. The number of carbonyl (C=O) groups is 1. The lowest BCUT2D eigenvalue weighted by Gasteiger charge is -2.33. The van der Waals surface area contributed by atoms with E-state index in [4.69, 9.17) is 5.73 Å². The predicted octanol–water partition coefficient (Wildman–Crippen LogP) is 4.10. The van der Waals surface area contributed by atoms with Crippen LogP contribution in [-0.2, 0) is 10.2 Å². The number of carbonyl (C=O) groups excluding carboxylic acids is 1. The molecule has 2 aromatic heterocycles. The SMILES string of the molecule is NC(=O)C1(c2cccnc2)CC12CCC(c1ccnc3ccccc13)CC2. The third kappa shape index (κ3) is 2.32. The second-order valence-corrected chi connectivity index (χ2v) is 8.16. The van der Waals surface area contributed by atoms with Gasteiger partial charge in [0.05, 0.1) is 10.9 Å². The molecule has 136 valence electrons. The average molecular weight is 357 g/mol. The molecule has 1 amide bonds. The monoisotopic (exact) mass is 357 g/mol. The summed E-state index contributed by atoms with van der Waals surface area (Å²) < 4.78 is 0. The molecule has 1 atom stereocenters. The number of rotatable bonds is 3. The Bertz CT molecular complexity index is 1000. The highest BCUT2D eigenvalue weighted by molar-refractivity contribution is 5.92. The van der Waals surface area contributed by atoms with Crippen molar-refractivity contribution in [3.05, 3.63) is 72.2 Å². The third-order valence-corrected chi connectivity index (χ3v) is 7.02. The largest absolute Gasteiger partial charge is 0.369 e. The number of aromatic nitrogens is 2. The van der Waals surface area contributed by atoms with Gasteiger partial charge in [0.25, 0.3) is 0 Å². The summed E-state index contributed by atoms with van der Waals surface area (Å²) >= 11 is 0. The van der Waals surface area contributed by atoms with E-state index in [1.54, 1.807) is 6.20 Å². The van der Waals surface area contributed by atoms with Gasteiger partial charge in [-0.1, -0.05) is 24.3 Å². The van der Waals surface area contributed by atoms with Crippen molar-refractivity contribution < 1.29 is 4.79 Å². The zero-order chi connectivity index (χ0) is 18.5. The smallest absolute Gasteiger partial charge is 0.228 e. The van der Waals surface area contributed by atoms with Crippen LogP contribution in [0.4, 0.5) is 0 Å². The highest BCUT2D eigenvalue weighted by atomic mass is 16.1. The second kappa shape index (κ2) is 5.88. The van der Waals surface area contributed by atoms with Crippen LogP contribution in [0.5, 0.6) is 0 Å². The summed E-state index contributed by atoms with van der Waals surface area (Å²) in [5.41, 5.74) is 8.85. The number of benzene rings is 1. The van der Waals surface area contributed by atoms with Gasteiger partial charge in [-0.2, -0.15) is 0 Å². The first-order valence-corrected chi connectivity index (χ1v) is 9.70. The lowest BCUT2D eigenvalue weighted by molar-refractivity contribution is -0.121. The molecule has 1 unspecified atom stereocenters. The van der Waals surface area contributed by atoms with E-state index in [2.05, 4.69) is 34.2 Å². The van der Waals surface area contributed by atoms with Gasteiger partial charge >= 0.3 is 0 Å². The van der Waals surface area contributed by atoms with E-state index in [9.17, 15) is 4.79 Å². The Balaban J connectivity index is 1.43. The lowest BCUT2D eigenvalue weighted by atomic mass is 9.71. The van der Waals surface area contributed by atoms with Crippen molar-refractivity contribution in [1.82, 2.24) is 9.97 Å². The zero-order valence-electron chi connectivity index (χ0n) is 15.3. The molecule has 2 N–H and O–H groups in total. The standard InChI is InChI=1S/C23H23N3O/c24-21(27)23(17-4-3-12-25-14-17)15-22(23)10-7-16(8-11-22)18-9-13-26-20-6-2-1-5-19(18)20/h1-6,9,12-14,16H,7-8,10-11,15H2,(H2,24,27). The number of fused-ring (bicyclic) bond motifs is 1. The van der Waals surface area contributed by atoms with Crippen LogP contribution in [0.25, 0.3) is 10.9 Å². The molecule has 4 nitrogen and oxygen atoms in total. The van der Waals surface area contributed by atoms with E-state index in [1.807, 2.05) is 30.6 Å².